The first kappa shape index (κ1) is 15.7. The van der Waals surface area contributed by atoms with E-state index in [1.54, 1.807) is 12.5 Å². The minimum absolute atomic E-state index is 0.0666. The molecule has 1 aromatic heterocycles. The highest BCUT2D eigenvalue weighted by Crippen LogP contribution is 2.17. The molecule has 1 heterocycles. The quantitative estimate of drug-likeness (QED) is 0.716. The smallest absolute Gasteiger partial charge is 0.222 e. The Labute approximate surface area is 115 Å². The van der Waals surface area contributed by atoms with E-state index in [9.17, 15) is 4.79 Å². The van der Waals surface area contributed by atoms with Crippen molar-refractivity contribution >= 4 is 5.91 Å². The fourth-order valence-electron chi connectivity index (χ4n) is 2.07. The van der Waals surface area contributed by atoms with Crippen LogP contribution in [0.2, 0.25) is 0 Å². The molecule has 0 aliphatic heterocycles. The molecule has 0 aromatic carbocycles. The SMILES string of the molecule is CCCC(CC(=O)NCC(C)CCO)n1ccnc1. The van der Waals surface area contributed by atoms with Crippen molar-refractivity contribution in [2.24, 2.45) is 5.92 Å². The Kier molecular flexibility index (Phi) is 7.18. The van der Waals surface area contributed by atoms with Gasteiger partial charge in [0, 0.05) is 38.0 Å². The van der Waals surface area contributed by atoms with E-state index in [1.807, 2.05) is 17.7 Å². The predicted octanol–water partition coefficient (Wildman–Crippen LogP) is 1.75. The molecular weight excluding hydrogens is 242 g/mol. The Morgan fingerprint density at radius 3 is 2.84 bits per heavy atom. The van der Waals surface area contributed by atoms with Crippen molar-refractivity contribution in [3.8, 4) is 0 Å². The number of amides is 1. The number of aliphatic hydroxyl groups is 1. The minimum Gasteiger partial charge on any atom is -0.396 e. The highest BCUT2D eigenvalue weighted by atomic mass is 16.3. The van der Waals surface area contributed by atoms with Crippen LogP contribution >= 0.6 is 0 Å². The summed E-state index contributed by atoms with van der Waals surface area (Å²) in [6.07, 6.45) is 8.62. The van der Waals surface area contributed by atoms with Crippen molar-refractivity contribution in [1.82, 2.24) is 14.9 Å². The molecular formula is C14H25N3O2. The molecule has 0 spiro atoms. The Hall–Kier alpha value is -1.36. The molecule has 0 radical (unpaired) electrons. The zero-order chi connectivity index (χ0) is 14.1. The van der Waals surface area contributed by atoms with Gasteiger partial charge in [0.15, 0.2) is 0 Å². The number of nitrogens with zero attached hydrogens (tertiary/aromatic N) is 2. The van der Waals surface area contributed by atoms with Gasteiger partial charge in [-0.1, -0.05) is 20.3 Å². The molecule has 5 heteroatoms. The van der Waals surface area contributed by atoms with Gasteiger partial charge in [0.05, 0.1) is 6.33 Å². The number of aromatic nitrogens is 2. The minimum atomic E-state index is 0.0666. The average molecular weight is 267 g/mol. The lowest BCUT2D eigenvalue weighted by molar-refractivity contribution is -0.122. The maximum atomic E-state index is 11.9. The van der Waals surface area contributed by atoms with Crippen molar-refractivity contribution in [2.75, 3.05) is 13.2 Å². The van der Waals surface area contributed by atoms with Gasteiger partial charge >= 0.3 is 0 Å². The van der Waals surface area contributed by atoms with Crippen LogP contribution < -0.4 is 5.32 Å². The standard InChI is InChI=1S/C14H25N3O2/c1-3-4-13(17-7-6-15-11-17)9-14(19)16-10-12(2)5-8-18/h6-7,11-13,18H,3-5,8-10H2,1-2H3,(H,16,19). The Balaban J connectivity index is 2.39. The molecule has 0 aliphatic carbocycles. The van der Waals surface area contributed by atoms with Gasteiger partial charge in [-0.2, -0.15) is 0 Å². The van der Waals surface area contributed by atoms with Crippen LogP contribution in [0.25, 0.3) is 0 Å². The Morgan fingerprint density at radius 2 is 2.26 bits per heavy atom. The van der Waals surface area contributed by atoms with Crippen molar-refractivity contribution in [1.29, 1.82) is 0 Å². The first-order valence-corrected chi connectivity index (χ1v) is 7.02. The lowest BCUT2D eigenvalue weighted by atomic mass is 10.1. The molecule has 0 saturated heterocycles. The molecule has 2 unspecified atom stereocenters. The summed E-state index contributed by atoms with van der Waals surface area (Å²) in [5.74, 6) is 0.378. The van der Waals surface area contributed by atoms with Crippen LogP contribution in [0.1, 0.15) is 45.6 Å². The van der Waals surface area contributed by atoms with E-state index < -0.39 is 0 Å². The molecule has 2 atom stereocenters. The van der Waals surface area contributed by atoms with Gasteiger partial charge in [0.25, 0.3) is 0 Å². The van der Waals surface area contributed by atoms with Gasteiger partial charge in [-0.3, -0.25) is 4.79 Å². The summed E-state index contributed by atoms with van der Waals surface area (Å²) in [5, 5.41) is 11.8. The van der Waals surface area contributed by atoms with E-state index in [4.69, 9.17) is 5.11 Å². The topological polar surface area (TPSA) is 67.2 Å². The van der Waals surface area contributed by atoms with Crippen LogP contribution in [-0.2, 0) is 4.79 Å². The van der Waals surface area contributed by atoms with Crippen LogP contribution in [-0.4, -0.2) is 33.7 Å². The average Bonchev–Trinajstić information content (AvgIpc) is 2.90. The summed E-state index contributed by atoms with van der Waals surface area (Å²) >= 11 is 0. The second-order valence-corrected chi connectivity index (χ2v) is 5.08. The lowest BCUT2D eigenvalue weighted by Gasteiger charge is -2.18. The molecule has 1 amide bonds. The van der Waals surface area contributed by atoms with Gasteiger partial charge in [0.2, 0.25) is 5.91 Å². The van der Waals surface area contributed by atoms with Crippen LogP contribution in [0.5, 0.6) is 0 Å². The van der Waals surface area contributed by atoms with Gasteiger partial charge in [-0.25, -0.2) is 4.98 Å². The number of hydrogen-bond acceptors (Lipinski definition) is 3. The summed E-state index contributed by atoms with van der Waals surface area (Å²) in [6, 6.07) is 0.181. The number of carbonyl (C=O) groups excluding carboxylic acids is 1. The molecule has 1 rings (SSSR count). The van der Waals surface area contributed by atoms with Crippen LogP contribution in [0.3, 0.4) is 0 Å². The second-order valence-electron chi connectivity index (χ2n) is 5.08. The maximum absolute atomic E-state index is 11.9. The fraction of sp³-hybridized carbons (Fsp3) is 0.714. The monoisotopic (exact) mass is 267 g/mol. The number of carbonyl (C=O) groups is 1. The zero-order valence-corrected chi connectivity index (χ0v) is 11.9. The van der Waals surface area contributed by atoms with E-state index in [1.165, 1.54) is 0 Å². The first-order valence-electron chi connectivity index (χ1n) is 7.02. The molecule has 0 saturated carbocycles. The Bertz CT molecular complexity index is 352. The molecule has 0 fully saturated rings. The Morgan fingerprint density at radius 1 is 1.47 bits per heavy atom. The number of aliphatic hydroxyl groups excluding tert-OH is 1. The largest absolute Gasteiger partial charge is 0.396 e. The molecule has 2 N–H and O–H groups in total. The van der Waals surface area contributed by atoms with E-state index >= 15 is 0 Å². The molecule has 1 aromatic rings. The summed E-state index contributed by atoms with van der Waals surface area (Å²) in [4.78, 5) is 16.0. The van der Waals surface area contributed by atoms with Gasteiger partial charge in [-0.15, -0.1) is 0 Å². The van der Waals surface area contributed by atoms with E-state index in [-0.39, 0.29) is 18.6 Å². The van der Waals surface area contributed by atoms with E-state index in [0.29, 0.717) is 18.9 Å². The van der Waals surface area contributed by atoms with Crippen molar-refractivity contribution in [2.45, 2.75) is 45.6 Å². The zero-order valence-electron chi connectivity index (χ0n) is 11.9. The lowest BCUT2D eigenvalue weighted by Crippen LogP contribution is -2.30. The molecule has 19 heavy (non-hydrogen) atoms. The first-order chi connectivity index (χ1) is 9.17. The van der Waals surface area contributed by atoms with Crippen LogP contribution in [0.15, 0.2) is 18.7 Å². The predicted molar refractivity (Wildman–Crippen MR) is 74.7 cm³/mol. The summed E-state index contributed by atoms with van der Waals surface area (Å²) in [6.45, 7) is 4.94. The third-order valence-corrected chi connectivity index (χ3v) is 3.26. The van der Waals surface area contributed by atoms with Crippen molar-refractivity contribution in [3.05, 3.63) is 18.7 Å². The summed E-state index contributed by atoms with van der Waals surface area (Å²) < 4.78 is 2.00. The van der Waals surface area contributed by atoms with Crippen LogP contribution in [0, 0.1) is 5.92 Å². The number of imidazole rings is 1. The summed E-state index contributed by atoms with van der Waals surface area (Å²) in [5.41, 5.74) is 0. The number of hydrogen-bond donors (Lipinski definition) is 2. The third-order valence-electron chi connectivity index (χ3n) is 3.26. The van der Waals surface area contributed by atoms with Crippen LogP contribution in [0.4, 0.5) is 0 Å². The van der Waals surface area contributed by atoms with Gasteiger partial charge in [0.1, 0.15) is 0 Å². The maximum Gasteiger partial charge on any atom is 0.222 e. The third kappa shape index (κ3) is 5.87. The molecule has 5 nitrogen and oxygen atoms in total. The molecule has 0 bridgehead atoms. The van der Waals surface area contributed by atoms with E-state index in [0.717, 1.165) is 19.3 Å². The highest BCUT2D eigenvalue weighted by molar-refractivity contribution is 5.76. The number of nitrogens with one attached hydrogen (secondary N) is 1. The van der Waals surface area contributed by atoms with Crippen molar-refractivity contribution in [3.63, 3.8) is 0 Å². The number of rotatable bonds is 9. The molecule has 0 aliphatic rings. The van der Waals surface area contributed by atoms with E-state index in [2.05, 4.69) is 17.2 Å². The summed E-state index contributed by atoms with van der Waals surface area (Å²) in [7, 11) is 0. The van der Waals surface area contributed by atoms with Crippen molar-refractivity contribution < 1.29 is 9.90 Å². The fourth-order valence-corrected chi connectivity index (χ4v) is 2.07. The van der Waals surface area contributed by atoms with Gasteiger partial charge in [-0.05, 0) is 18.8 Å². The second kappa shape index (κ2) is 8.69. The normalized spacial score (nSPS) is 14.1. The highest BCUT2D eigenvalue weighted by Gasteiger charge is 2.14. The van der Waals surface area contributed by atoms with Gasteiger partial charge < -0.3 is 15.0 Å². The molecule has 108 valence electrons.